The van der Waals surface area contributed by atoms with E-state index in [1.807, 2.05) is 0 Å². The first-order valence-corrected chi connectivity index (χ1v) is 7.32. The van der Waals surface area contributed by atoms with Gasteiger partial charge in [0.2, 0.25) is 0 Å². The number of nitrogens with one attached hydrogen (secondary N) is 1. The Hall–Kier alpha value is -0.190. The Labute approximate surface area is 107 Å². The molecule has 1 aromatic heterocycles. The van der Waals surface area contributed by atoms with E-state index in [1.165, 1.54) is 28.6 Å². The predicted octanol–water partition coefficient (Wildman–Crippen LogP) is 4.68. The fourth-order valence-electron chi connectivity index (χ4n) is 1.65. The molecule has 1 nitrogen and oxygen atoms in total. The summed E-state index contributed by atoms with van der Waals surface area (Å²) in [7, 11) is 0. The minimum atomic E-state index is 0.873. The summed E-state index contributed by atoms with van der Waals surface area (Å²) in [6, 6.07) is 6.43. The monoisotopic (exact) mass is 301 g/mol. The molecule has 0 spiro atoms. The standard InChI is InChI=1S/C11H12BrNS2/c12-7-2-1-4-8-5-3-6-9-10(8)13-11(14)15-9/h3,5-6H,1-2,4,7H2,(H,13,14). The van der Waals surface area contributed by atoms with E-state index in [4.69, 9.17) is 12.2 Å². The number of thiazole rings is 1. The molecule has 0 unspecified atom stereocenters. The van der Waals surface area contributed by atoms with Crippen molar-refractivity contribution in [2.45, 2.75) is 19.3 Å². The van der Waals surface area contributed by atoms with Crippen LogP contribution in [0.15, 0.2) is 18.2 Å². The zero-order valence-electron chi connectivity index (χ0n) is 8.25. The van der Waals surface area contributed by atoms with Crippen molar-refractivity contribution in [3.05, 3.63) is 27.7 Å². The lowest BCUT2D eigenvalue weighted by atomic mass is 10.1. The molecule has 1 aromatic carbocycles. The number of rotatable bonds is 4. The quantitative estimate of drug-likeness (QED) is 0.493. The summed E-state index contributed by atoms with van der Waals surface area (Å²) in [5.74, 6) is 0. The van der Waals surface area contributed by atoms with Crippen LogP contribution in [-0.4, -0.2) is 10.3 Å². The maximum absolute atomic E-state index is 5.16. The summed E-state index contributed by atoms with van der Waals surface area (Å²) in [5, 5.41) is 1.09. The van der Waals surface area contributed by atoms with Gasteiger partial charge in [0, 0.05) is 5.33 Å². The Balaban J connectivity index is 2.29. The van der Waals surface area contributed by atoms with Crippen LogP contribution in [0.2, 0.25) is 0 Å². The van der Waals surface area contributed by atoms with Crippen molar-refractivity contribution in [3.63, 3.8) is 0 Å². The first-order chi connectivity index (χ1) is 7.31. The summed E-state index contributed by atoms with van der Waals surface area (Å²) in [6.45, 7) is 0. The normalized spacial score (nSPS) is 11.0. The Morgan fingerprint density at radius 2 is 2.20 bits per heavy atom. The number of halogens is 1. The molecule has 4 heteroatoms. The van der Waals surface area contributed by atoms with E-state index in [0.29, 0.717) is 0 Å². The summed E-state index contributed by atoms with van der Waals surface area (Å²) < 4.78 is 2.15. The number of aromatic nitrogens is 1. The minimum Gasteiger partial charge on any atom is -0.337 e. The summed E-state index contributed by atoms with van der Waals surface area (Å²) >= 11 is 10.3. The van der Waals surface area contributed by atoms with Crippen LogP contribution >= 0.6 is 39.5 Å². The number of unbranched alkanes of at least 4 members (excludes halogenated alkanes) is 1. The minimum absolute atomic E-state index is 0.873. The molecule has 0 atom stereocenters. The highest BCUT2D eigenvalue weighted by Crippen LogP contribution is 2.23. The van der Waals surface area contributed by atoms with Gasteiger partial charge in [0.25, 0.3) is 0 Å². The first-order valence-electron chi connectivity index (χ1n) is 4.98. The van der Waals surface area contributed by atoms with E-state index in [0.717, 1.165) is 15.7 Å². The van der Waals surface area contributed by atoms with Gasteiger partial charge in [0.1, 0.15) is 0 Å². The molecule has 0 aliphatic rings. The number of aromatic amines is 1. The number of H-pyrrole nitrogens is 1. The molecule has 0 aliphatic carbocycles. The molecule has 15 heavy (non-hydrogen) atoms. The number of aryl methyl sites for hydroxylation is 1. The van der Waals surface area contributed by atoms with Gasteiger partial charge in [-0.15, -0.1) is 11.3 Å². The van der Waals surface area contributed by atoms with Gasteiger partial charge in [0.05, 0.1) is 10.2 Å². The van der Waals surface area contributed by atoms with Gasteiger partial charge in [-0.2, -0.15) is 0 Å². The maximum Gasteiger partial charge on any atom is 0.159 e. The number of benzene rings is 1. The average molecular weight is 302 g/mol. The lowest BCUT2D eigenvalue weighted by Crippen LogP contribution is -1.87. The van der Waals surface area contributed by atoms with Crippen molar-refractivity contribution in [2.24, 2.45) is 0 Å². The lowest BCUT2D eigenvalue weighted by Gasteiger charge is -2.01. The number of para-hydroxylation sites is 1. The number of alkyl halides is 1. The maximum atomic E-state index is 5.16. The van der Waals surface area contributed by atoms with Crippen LogP contribution in [0.1, 0.15) is 18.4 Å². The summed E-state index contributed by atoms with van der Waals surface area (Å²) in [5.41, 5.74) is 2.63. The van der Waals surface area contributed by atoms with Gasteiger partial charge in [-0.3, -0.25) is 0 Å². The Kier molecular flexibility index (Phi) is 3.94. The van der Waals surface area contributed by atoms with Crippen LogP contribution in [0.5, 0.6) is 0 Å². The molecule has 0 saturated heterocycles. The Bertz CT molecular complexity index is 501. The van der Waals surface area contributed by atoms with Crippen LogP contribution in [0.4, 0.5) is 0 Å². The largest absolute Gasteiger partial charge is 0.337 e. The molecule has 2 rings (SSSR count). The molecule has 0 bridgehead atoms. The van der Waals surface area contributed by atoms with Gasteiger partial charge in [-0.1, -0.05) is 28.1 Å². The second-order valence-electron chi connectivity index (χ2n) is 3.45. The second kappa shape index (κ2) is 5.23. The third-order valence-electron chi connectivity index (χ3n) is 2.37. The summed E-state index contributed by atoms with van der Waals surface area (Å²) in [6.07, 6.45) is 3.58. The summed E-state index contributed by atoms with van der Waals surface area (Å²) in [4.78, 5) is 3.28. The van der Waals surface area contributed by atoms with E-state index in [2.05, 4.69) is 39.1 Å². The molecular weight excluding hydrogens is 290 g/mol. The highest BCUT2D eigenvalue weighted by molar-refractivity contribution is 9.09. The van der Waals surface area contributed by atoms with Crippen LogP contribution in [0, 0.1) is 3.95 Å². The van der Waals surface area contributed by atoms with Crippen molar-refractivity contribution in [3.8, 4) is 0 Å². The SMILES string of the molecule is S=c1[nH]c2c(CCCCBr)cccc2s1. The Morgan fingerprint density at radius 3 is 3.00 bits per heavy atom. The van der Waals surface area contributed by atoms with Crippen molar-refractivity contribution in [2.75, 3.05) is 5.33 Å². The second-order valence-corrected chi connectivity index (χ2v) is 5.96. The van der Waals surface area contributed by atoms with Gasteiger partial charge in [0.15, 0.2) is 3.95 Å². The number of hydrogen-bond acceptors (Lipinski definition) is 2. The third kappa shape index (κ3) is 2.68. The number of hydrogen-bond donors (Lipinski definition) is 1. The highest BCUT2D eigenvalue weighted by atomic mass is 79.9. The zero-order chi connectivity index (χ0) is 10.7. The predicted molar refractivity (Wildman–Crippen MR) is 73.7 cm³/mol. The molecule has 0 fully saturated rings. The molecule has 0 saturated carbocycles. The van der Waals surface area contributed by atoms with Crippen molar-refractivity contribution in [1.29, 1.82) is 0 Å². The Morgan fingerprint density at radius 1 is 1.33 bits per heavy atom. The van der Waals surface area contributed by atoms with Gasteiger partial charge in [-0.05, 0) is 43.1 Å². The smallest absolute Gasteiger partial charge is 0.159 e. The number of fused-ring (bicyclic) bond motifs is 1. The van der Waals surface area contributed by atoms with Crippen molar-refractivity contribution >= 4 is 49.7 Å². The highest BCUT2D eigenvalue weighted by Gasteiger charge is 2.02. The van der Waals surface area contributed by atoms with Gasteiger partial charge in [-0.25, -0.2) is 0 Å². The zero-order valence-corrected chi connectivity index (χ0v) is 11.5. The third-order valence-corrected chi connectivity index (χ3v) is 4.13. The van der Waals surface area contributed by atoms with Crippen LogP contribution in [0.3, 0.4) is 0 Å². The van der Waals surface area contributed by atoms with E-state index in [9.17, 15) is 0 Å². The fourth-order valence-corrected chi connectivity index (χ4v) is 3.20. The topological polar surface area (TPSA) is 15.8 Å². The van der Waals surface area contributed by atoms with E-state index < -0.39 is 0 Å². The molecule has 0 radical (unpaired) electrons. The van der Waals surface area contributed by atoms with E-state index in [1.54, 1.807) is 11.3 Å². The van der Waals surface area contributed by atoms with E-state index >= 15 is 0 Å². The molecule has 0 aliphatic heterocycles. The molecular formula is C11H12BrNS2. The van der Waals surface area contributed by atoms with Crippen LogP contribution < -0.4 is 0 Å². The van der Waals surface area contributed by atoms with E-state index in [-0.39, 0.29) is 0 Å². The first kappa shape index (κ1) is 11.3. The fraction of sp³-hybridized carbons (Fsp3) is 0.364. The molecule has 80 valence electrons. The average Bonchev–Trinajstić information content (AvgIpc) is 2.59. The molecule has 0 amide bonds. The van der Waals surface area contributed by atoms with Gasteiger partial charge < -0.3 is 4.98 Å². The van der Waals surface area contributed by atoms with Gasteiger partial charge >= 0.3 is 0 Å². The molecule has 2 aromatic rings. The molecule has 1 heterocycles. The molecule has 1 N–H and O–H groups in total. The van der Waals surface area contributed by atoms with Crippen molar-refractivity contribution < 1.29 is 0 Å². The lowest BCUT2D eigenvalue weighted by molar-refractivity contribution is 0.809. The van der Waals surface area contributed by atoms with Crippen LogP contribution in [-0.2, 0) is 6.42 Å². The van der Waals surface area contributed by atoms with Crippen molar-refractivity contribution in [1.82, 2.24) is 4.98 Å². The van der Waals surface area contributed by atoms with Crippen LogP contribution in [0.25, 0.3) is 10.2 Å².